The third-order valence-corrected chi connectivity index (χ3v) is 4.66. The highest BCUT2D eigenvalue weighted by Crippen LogP contribution is 2.34. The largest absolute Gasteiger partial charge is 0.477 e. The van der Waals surface area contributed by atoms with E-state index >= 15 is 0 Å². The Balaban J connectivity index is 2.43. The molecule has 0 bridgehead atoms. The monoisotopic (exact) mass is 366 g/mol. The van der Waals surface area contributed by atoms with E-state index in [4.69, 9.17) is 5.10 Å². The lowest BCUT2D eigenvalue weighted by Gasteiger charge is -2.13. The Morgan fingerprint density at radius 1 is 1.19 bits per heavy atom. The van der Waals surface area contributed by atoms with Crippen LogP contribution >= 0.6 is 0 Å². The van der Waals surface area contributed by atoms with Crippen molar-refractivity contribution in [3.63, 3.8) is 0 Å². The Kier molecular flexibility index (Phi) is 5.28. The lowest BCUT2D eigenvalue weighted by atomic mass is 9.95. The molecule has 0 spiro atoms. The number of benzene rings is 1. The van der Waals surface area contributed by atoms with Gasteiger partial charge in [0.25, 0.3) is 0 Å². The van der Waals surface area contributed by atoms with Gasteiger partial charge in [0.05, 0.1) is 11.3 Å². The molecular weight excluding hydrogens is 340 g/mol. The van der Waals surface area contributed by atoms with Crippen molar-refractivity contribution in [2.45, 2.75) is 40.2 Å². The fourth-order valence-electron chi connectivity index (χ4n) is 3.54. The van der Waals surface area contributed by atoms with Gasteiger partial charge >= 0.3 is 5.97 Å². The predicted molar refractivity (Wildman–Crippen MR) is 106 cm³/mol. The molecule has 0 saturated heterocycles. The first kappa shape index (κ1) is 19.0. The van der Waals surface area contributed by atoms with E-state index in [9.17, 15) is 9.90 Å². The Morgan fingerprint density at radius 3 is 2.41 bits per heavy atom. The molecule has 3 rings (SSSR count). The molecule has 142 valence electrons. The van der Waals surface area contributed by atoms with Gasteiger partial charge in [0.15, 0.2) is 11.3 Å². The van der Waals surface area contributed by atoms with Crippen LogP contribution in [0.5, 0.6) is 0 Å². The van der Waals surface area contributed by atoms with Crippen LogP contribution in [0.1, 0.15) is 46.3 Å². The van der Waals surface area contributed by atoms with E-state index in [1.54, 1.807) is 6.07 Å². The van der Waals surface area contributed by atoms with Gasteiger partial charge in [0.2, 0.25) is 0 Å². The zero-order chi connectivity index (χ0) is 19.7. The van der Waals surface area contributed by atoms with Gasteiger partial charge in [-0.15, -0.1) is 0 Å². The molecule has 0 saturated carbocycles. The summed E-state index contributed by atoms with van der Waals surface area (Å²) in [5.41, 5.74) is 6.74. The fourth-order valence-corrected chi connectivity index (χ4v) is 3.54. The number of hydrogen-bond donors (Lipinski definition) is 1. The Hall–Kier alpha value is -2.73. The van der Waals surface area contributed by atoms with Crippen molar-refractivity contribution in [2.24, 2.45) is 0 Å². The number of fused-ring (bicyclic) bond motifs is 1. The number of rotatable bonds is 6. The van der Waals surface area contributed by atoms with Crippen LogP contribution in [0, 0.1) is 13.8 Å². The Labute approximate surface area is 159 Å². The molecule has 0 aliphatic rings. The molecule has 0 unspecified atom stereocenters. The molecule has 27 heavy (non-hydrogen) atoms. The van der Waals surface area contributed by atoms with Crippen molar-refractivity contribution in [1.29, 1.82) is 0 Å². The number of hydrogen-bond acceptors (Lipinski definition) is 4. The average molecular weight is 366 g/mol. The van der Waals surface area contributed by atoms with Crippen molar-refractivity contribution in [1.82, 2.24) is 19.5 Å². The van der Waals surface area contributed by atoms with Gasteiger partial charge in [-0.25, -0.2) is 14.3 Å². The molecule has 0 amide bonds. The molecule has 0 atom stereocenters. The number of carbonyl (C=O) groups is 1. The summed E-state index contributed by atoms with van der Waals surface area (Å²) in [6.07, 6.45) is 1.65. The van der Waals surface area contributed by atoms with E-state index in [0.29, 0.717) is 12.2 Å². The normalized spacial score (nSPS) is 11.5. The van der Waals surface area contributed by atoms with Gasteiger partial charge in [0, 0.05) is 12.2 Å². The molecule has 0 aliphatic carbocycles. The molecule has 2 heterocycles. The van der Waals surface area contributed by atoms with Crippen LogP contribution in [0.4, 0.5) is 0 Å². The maximum Gasteiger partial charge on any atom is 0.354 e. The van der Waals surface area contributed by atoms with Crippen molar-refractivity contribution in [2.75, 3.05) is 14.1 Å². The van der Waals surface area contributed by atoms with E-state index in [2.05, 4.69) is 42.8 Å². The lowest BCUT2D eigenvalue weighted by Crippen LogP contribution is -2.12. The standard InChI is InChI=1S/C21H26N4O2/c1-6-8-15-11-16(21(26)27)22-20-19(17(12-24(4)5)23-25(15)20)18-13(2)9-7-10-14(18)3/h7,9-11H,6,8,12H2,1-5H3,(H,26,27). The zero-order valence-corrected chi connectivity index (χ0v) is 16.6. The molecule has 1 aromatic carbocycles. The van der Waals surface area contributed by atoms with Gasteiger partial charge in [-0.05, 0) is 57.1 Å². The van der Waals surface area contributed by atoms with Crippen molar-refractivity contribution < 1.29 is 9.90 Å². The highest BCUT2D eigenvalue weighted by Gasteiger charge is 2.23. The van der Waals surface area contributed by atoms with E-state index in [0.717, 1.165) is 46.5 Å². The molecule has 6 nitrogen and oxygen atoms in total. The van der Waals surface area contributed by atoms with Crippen molar-refractivity contribution in [3.8, 4) is 11.1 Å². The van der Waals surface area contributed by atoms with Crippen molar-refractivity contribution >= 4 is 11.6 Å². The second kappa shape index (κ2) is 7.48. The minimum atomic E-state index is -1.02. The summed E-state index contributed by atoms with van der Waals surface area (Å²) in [5.74, 6) is -1.02. The van der Waals surface area contributed by atoms with Gasteiger partial charge in [-0.3, -0.25) is 0 Å². The number of carboxylic acids is 1. The Morgan fingerprint density at radius 2 is 1.85 bits per heavy atom. The highest BCUT2D eigenvalue weighted by atomic mass is 16.4. The van der Waals surface area contributed by atoms with Gasteiger partial charge in [0.1, 0.15) is 0 Å². The van der Waals surface area contributed by atoms with E-state index in [-0.39, 0.29) is 5.69 Å². The highest BCUT2D eigenvalue weighted by molar-refractivity contribution is 5.89. The number of aromatic carboxylic acids is 1. The summed E-state index contributed by atoms with van der Waals surface area (Å²) in [6, 6.07) is 7.81. The van der Waals surface area contributed by atoms with Gasteiger partial charge in [-0.1, -0.05) is 31.5 Å². The summed E-state index contributed by atoms with van der Waals surface area (Å²) < 4.78 is 1.83. The van der Waals surface area contributed by atoms with Crippen LogP contribution in [0.15, 0.2) is 24.3 Å². The Bertz CT molecular complexity index is 985. The molecule has 2 aromatic heterocycles. The first-order valence-electron chi connectivity index (χ1n) is 9.19. The minimum Gasteiger partial charge on any atom is -0.477 e. The first-order valence-corrected chi connectivity index (χ1v) is 9.19. The smallest absolute Gasteiger partial charge is 0.354 e. The maximum absolute atomic E-state index is 11.7. The van der Waals surface area contributed by atoms with Gasteiger partial charge < -0.3 is 10.0 Å². The summed E-state index contributed by atoms with van der Waals surface area (Å²) >= 11 is 0. The maximum atomic E-state index is 11.7. The number of nitrogens with zero attached hydrogens (tertiary/aromatic N) is 4. The van der Waals surface area contributed by atoms with Crippen LogP contribution < -0.4 is 0 Å². The van der Waals surface area contributed by atoms with E-state index < -0.39 is 5.97 Å². The fraction of sp³-hybridized carbons (Fsp3) is 0.381. The molecular formula is C21H26N4O2. The van der Waals surface area contributed by atoms with Crippen molar-refractivity contribution in [3.05, 3.63) is 52.5 Å². The average Bonchev–Trinajstić information content (AvgIpc) is 2.92. The van der Waals surface area contributed by atoms with E-state index in [1.807, 2.05) is 24.7 Å². The van der Waals surface area contributed by atoms with Crippen LogP contribution in [-0.2, 0) is 13.0 Å². The van der Waals surface area contributed by atoms with Crippen LogP contribution in [-0.4, -0.2) is 44.7 Å². The molecule has 1 N–H and O–H groups in total. The summed E-state index contributed by atoms with van der Waals surface area (Å²) in [4.78, 5) is 18.2. The molecule has 0 radical (unpaired) electrons. The van der Waals surface area contributed by atoms with Crippen LogP contribution in [0.25, 0.3) is 16.8 Å². The number of aryl methyl sites for hydroxylation is 3. The minimum absolute atomic E-state index is 0.0646. The number of carboxylic acid groups (broad SMARTS) is 1. The first-order chi connectivity index (χ1) is 12.8. The van der Waals surface area contributed by atoms with E-state index in [1.165, 1.54) is 0 Å². The third-order valence-electron chi connectivity index (χ3n) is 4.66. The SMILES string of the molecule is CCCc1cc(C(=O)O)nc2c(-c3c(C)cccc3C)c(CN(C)C)nn12. The quantitative estimate of drug-likeness (QED) is 0.720. The third kappa shape index (κ3) is 3.57. The molecule has 0 aliphatic heterocycles. The summed E-state index contributed by atoms with van der Waals surface area (Å²) in [5, 5.41) is 14.4. The zero-order valence-electron chi connectivity index (χ0n) is 16.6. The second-order valence-corrected chi connectivity index (χ2v) is 7.25. The summed E-state index contributed by atoms with van der Waals surface area (Å²) in [6.45, 7) is 6.86. The van der Waals surface area contributed by atoms with Crippen LogP contribution in [0.2, 0.25) is 0 Å². The van der Waals surface area contributed by atoms with Gasteiger partial charge in [-0.2, -0.15) is 5.10 Å². The predicted octanol–water partition coefficient (Wildman–Crippen LogP) is 3.73. The molecule has 3 aromatic rings. The molecule has 0 fully saturated rings. The molecule has 6 heteroatoms. The lowest BCUT2D eigenvalue weighted by molar-refractivity contribution is 0.0690. The topological polar surface area (TPSA) is 70.7 Å². The number of aromatic nitrogens is 3. The van der Waals surface area contributed by atoms with Crippen LogP contribution in [0.3, 0.4) is 0 Å². The summed E-state index contributed by atoms with van der Waals surface area (Å²) in [7, 11) is 4.00. The second-order valence-electron chi connectivity index (χ2n) is 7.25.